The molecule has 1 aliphatic heterocycles. The van der Waals surface area contributed by atoms with Crippen molar-refractivity contribution in [2.24, 2.45) is 0 Å². The summed E-state index contributed by atoms with van der Waals surface area (Å²) in [7, 11) is 0. The lowest BCUT2D eigenvalue weighted by Crippen LogP contribution is -2.27. The number of nitrogens with zero attached hydrogens (tertiary/aromatic N) is 2. The van der Waals surface area contributed by atoms with Crippen molar-refractivity contribution in [3.8, 4) is 0 Å². The molecule has 1 N–H and O–H groups in total. The number of hydrogen-bond acceptors (Lipinski definition) is 4. The van der Waals surface area contributed by atoms with Crippen LogP contribution in [0.25, 0.3) is 0 Å². The molecule has 6 heteroatoms. The molecule has 2 aliphatic rings. The molecule has 6 nitrogen and oxygen atoms in total. The van der Waals surface area contributed by atoms with Crippen LogP contribution in [0.15, 0.2) is 36.4 Å². The average molecular weight is 365 g/mol. The molecule has 1 aliphatic carbocycles. The molecule has 1 saturated heterocycles. The van der Waals surface area contributed by atoms with E-state index in [0.29, 0.717) is 12.1 Å². The molecule has 0 unspecified atom stereocenters. The molecule has 0 aromatic heterocycles. The Morgan fingerprint density at radius 3 is 2.59 bits per heavy atom. The zero-order valence-electron chi connectivity index (χ0n) is 15.2. The standard InChI is InChI=1S/C21H23N3O3/c25-21(22-14-15-6-7-16-4-3-5-17(16)12-15)19-13-18(24(26)27)8-9-20(19)23-10-1-2-11-23/h6-9,12-13H,1-5,10-11,14H2,(H,22,25). The van der Waals surface area contributed by atoms with Gasteiger partial charge in [-0.25, -0.2) is 0 Å². The van der Waals surface area contributed by atoms with Crippen molar-refractivity contribution in [3.63, 3.8) is 0 Å². The van der Waals surface area contributed by atoms with Crippen molar-refractivity contribution < 1.29 is 9.72 Å². The van der Waals surface area contributed by atoms with E-state index in [1.165, 1.54) is 29.7 Å². The fraction of sp³-hybridized carbons (Fsp3) is 0.381. The number of fused-ring (bicyclic) bond motifs is 1. The number of nitrogens with one attached hydrogen (secondary N) is 1. The summed E-state index contributed by atoms with van der Waals surface area (Å²) >= 11 is 0. The van der Waals surface area contributed by atoms with E-state index in [4.69, 9.17) is 0 Å². The Morgan fingerprint density at radius 1 is 1.04 bits per heavy atom. The topological polar surface area (TPSA) is 75.5 Å². The summed E-state index contributed by atoms with van der Waals surface area (Å²) in [5.41, 5.74) is 4.95. The number of nitro groups is 1. The zero-order chi connectivity index (χ0) is 18.8. The lowest BCUT2D eigenvalue weighted by Gasteiger charge is -2.21. The summed E-state index contributed by atoms with van der Waals surface area (Å²) < 4.78 is 0. The Balaban J connectivity index is 1.54. The van der Waals surface area contributed by atoms with E-state index in [9.17, 15) is 14.9 Å². The minimum atomic E-state index is -0.453. The second kappa shape index (κ2) is 7.39. The van der Waals surface area contributed by atoms with Crippen molar-refractivity contribution in [1.82, 2.24) is 5.32 Å². The lowest BCUT2D eigenvalue weighted by molar-refractivity contribution is -0.384. The number of non-ortho nitro benzene ring substituents is 1. The summed E-state index contributed by atoms with van der Waals surface area (Å²) in [5, 5.41) is 14.1. The van der Waals surface area contributed by atoms with E-state index in [2.05, 4.69) is 28.4 Å². The second-order valence-corrected chi connectivity index (χ2v) is 7.29. The highest BCUT2D eigenvalue weighted by Gasteiger charge is 2.22. The highest BCUT2D eigenvalue weighted by molar-refractivity contribution is 6.00. The third-order valence-electron chi connectivity index (χ3n) is 5.50. The highest BCUT2D eigenvalue weighted by atomic mass is 16.6. The minimum Gasteiger partial charge on any atom is -0.371 e. The van der Waals surface area contributed by atoms with E-state index < -0.39 is 4.92 Å². The molecule has 1 amide bonds. The second-order valence-electron chi connectivity index (χ2n) is 7.29. The number of hydrogen-bond donors (Lipinski definition) is 1. The molecule has 4 rings (SSSR count). The van der Waals surface area contributed by atoms with Gasteiger partial charge in [-0.2, -0.15) is 0 Å². The van der Waals surface area contributed by atoms with E-state index in [1.54, 1.807) is 6.07 Å². The predicted molar refractivity (Wildman–Crippen MR) is 104 cm³/mol. The third kappa shape index (κ3) is 3.65. The van der Waals surface area contributed by atoms with Gasteiger partial charge in [-0.15, -0.1) is 0 Å². The fourth-order valence-corrected chi connectivity index (χ4v) is 4.07. The van der Waals surface area contributed by atoms with Crippen molar-refractivity contribution >= 4 is 17.3 Å². The largest absolute Gasteiger partial charge is 0.371 e. The summed E-state index contributed by atoms with van der Waals surface area (Å²) in [6.45, 7) is 2.18. The van der Waals surface area contributed by atoms with Gasteiger partial charge in [-0.05, 0) is 54.9 Å². The maximum Gasteiger partial charge on any atom is 0.270 e. The first-order valence-corrected chi connectivity index (χ1v) is 9.54. The molecule has 0 spiro atoms. The van der Waals surface area contributed by atoms with Crippen molar-refractivity contribution in [3.05, 3.63) is 68.8 Å². The molecule has 0 radical (unpaired) electrons. The first-order valence-electron chi connectivity index (χ1n) is 9.54. The van der Waals surface area contributed by atoms with E-state index >= 15 is 0 Å². The Hall–Kier alpha value is -2.89. The number of anilines is 1. The average Bonchev–Trinajstić information content (AvgIpc) is 3.36. The van der Waals surface area contributed by atoms with Gasteiger partial charge < -0.3 is 10.2 Å². The molecule has 2 aromatic carbocycles. The molecule has 140 valence electrons. The number of carbonyl (C=O) groups is 1. The number of benzene rings is 2. The predicted octanol–water partition coefficient (Wildman–Crippen LogP) is 3.61. The van der Waals surface area contributed by atoms with Gasteiger partial charge in [-0.1, -0.05) is 18.2 Å². The van der Waals surface area contributed by atoms with Crippen molar-refractivity contribution in [2.45, 2.75) is 38.6 Å². The maximum atomic E-state index is 12.8. The Morgan fingerprint density at radius 2 is 1.81 bits per heavy atom. The van der Waals surface area contributed by atoms with Crippen LogP contribution in [0.4, 0.5) is 11.4 Å². The monoisotopic (exact) mass is 365 g/mol. The number of rotatable bonds is 5. The molecular weight excluding hydrogens is 342 g/mol. The van der Waals surface area contributed by atoms with Crippen LogP contribution in [-0.4, -0.2) is 23.9 Å². The Kier molecular flexibility index (Phi) is 4.79. The molecule has 27 heavy (non-hydrogen) atoms. The van der Waals surface area contributed by atoms with Gasteiger partial charge in [0.25, 0.3) is 11.6 Å². The van der Waals surface area contributed by atoms with Crippen LogP contribution in [0.5, 0.6) is 0 Å². The Labute approximate surface area is 158 Å². The summed E-state index contributed by atoms with van der Waals surface area (Å²) in [5.74, 6) is -0.263. The first kappa shape index (κ1) is 17.5. The quantitative estimate of drug-likeness (QED) is 0.649. The summed E-state index contributed by atoms with van der Waals surface area (Å²) in [6.07, 6.45) is 5.58. The van der Waals surface area contributed by atoms with E-state index in [-0.39, 0.29) is 11.6 Å². The van der Waals surface area contributed by atoms with Crippen LogP contribution in [0.3, 0.4) is 0 Å². The van der Waals surface area contributed by atoms with Crippen molar-refractivity contribution in [1.29, 1.82) is 0 Å². The van der Waals surface area contributed by atoms with Crippen LogP contribution in [0.2, 0.25) is 0 Å². The van der Waals surface area contributed by atoms with Crippen molar-refractivity contribution in [2.75, 3.05) is 18.0 Å². The normalized spacial score (nSPS) is 15.6. The first-order chi connectivity index (χ1) is 13.1. The van der Waals surface area contributed by atoms with Gasteiger partial charge in [0, 0.05) is 31.8 Å². The molecule has 0 saturated carbocycles. The van der Waals surface area contributed by atoms with Gasteiger partial charge in [-0.3, -0.25) is 14.9 Å². The van der Waals surface area contributed by atoms with Gasteiger partial charge in [0.1, 0.15) is 0 Å². The summed E-state index contributed by atoms with van der Waals surface area (Å²) in [4.78, 5) is 25.7. The molecule has 0 atom stereocenters. The molecule has 0 bridgehead atoms. The molecular formula is C21H23N3O3. The van der Waals surface area contributed by atoms with Crippen LogP contribution in [0, 0.1) is 10.1 Å². The molecule has 1 heterocycles. The number of amides is 1. The van der Waals surface area contributed by atoms with Gasteiger partial charge in [0.15, 0.2) is 0 Å². The minimum absolute atomic E-state index is 0.0550. The van der Waals surface area contributed by atoms with E-state index in [0.717, 1.165) is 50.0 Å². The Bertz CT molecular complexity index is 888. The summed E-state index contributed by atoms with van der Waals surface area (Å²) in [6, 6.07) is 10.9. The SMILES string of the molecule is O=C(NCc1ccc2c(c1)CCC2)c1cc([N+](=O)[O-])ccc1N1CCCC1. The number of aryl methyl sites for hydroxylation is 2. The van der Waals surface area contributed by atoms with Gasteiger partial charge >= 0.3 is 0 Å². The van der Waals surface area contributed by atoms with Crippen LogP contribution < -0.4 is 10.2 Å². The highest BCUT2D eigenvalue weighted by Crippen LogP contribution is 2.28. The molecule has 2 aromatic rings. The maximum absolute atomic E-state index is 12.8. The van der Waals surface area contributed by atoms with Crippen LogP contribution in [-0.2, 0) is 19.4 Å². The van der Waals surface area contributed by atoms with Crippen LogP contribution in [0.1, 0.15) is 46.3 Å². The van der Waals surface area contributed by atoms with Gasteiger partial charge in [0.2, 0.25) is 0 Å². The van der Waals surface area contributed by atoms with Crippen LogP contribution >= 0.6 is 0 Å². The lowest BCUT2D eigenvalue weighted by atomic mass is 10.1. The smallest absolute Gasteiger partial charge is 0.270 e. The van der Waals surface area contributed by atoms with Gasteiger partial charge in [0.05, 0.1) is 16.2 Å². The third-order valence-corrected chi connectivity index (χ3v) is 5.50. The molecule has 1 fully saturated rings. The number of carbonyl (C=O) groups excluding carboxylic acids is 1. The van der Waals surface area contributed by atoms with E-state index in [1.807, 2.05) is 0 Å². The fourth-order valence-electron chi connectivity index (χ4n) is 4.07. The zero-order valence-corrected chi connectivity index (χ0v) is 15.2. The number of nitro benzene ring substituents is 1.